The molecule has 2 aromatic carbocycles. The van der Waals surface area contributed by atoms with E-state index in [1.807, 2.05) is 0 Å². The van der Waals surface area contributed by atoms with E-state index >= 15 is 0 Å². The Hall–Kier alpha value is -2.11. The summed E-state index contributed by atoms with van der Waals surface area (Å²) in [6.45, 7) is 1.69. The Morgan fingerprint density at radius 1 is 1.19 bits per heavy atom. The number of aromatic nitrogens is 2. The first-order valence-corrected chi connectivity index (χ1v) is 6.81. The van der Waals surface area contributed by atoms with E-state index in [4.69, 9.17) is 23.2 Å². The smallest absolute Gasteiger partial charge is 0.273 e. The summed E-state index contributed by atoms with van der Waals surface area (Å²) in [5.41, 5.74) is 2.68. The number of halogens is 2. The van der Waals surface area contributed by atoms with Crippen molar-refractivity contribution < 1.29 is 4.92 Å². The highest BCUT2D eigenvalue weighted by Crippen LogP contribution is 2.30. The summed E-state index contributed by atoms with van der Waals surface area (Å²) in [6, 6.07) is 8.31. The highest BCUT2D eigenvalue weighted by atomic mass is 35.5. The molecule has 0 amide bonds. The number of benzene rings is 2. The van der Waals surface area contributed by atoms with E-state index < -0.39 is 4.92 Å². The molecule has 0 aliphatic heterocycles. The van der Waals surface area contributed by atoms with Crippen LogP contribution < -0.4 is 0 Å². The van der Waals surface area contributed by atoms with Crippen molar-refractivity contribution in [2.24, 2.45) is 0 Å². The average molecular weight is 322 g/mol. The van der Waals surface area contributed by atoms with E-state index in [1.165, 1.54) is 6.07 Å². The van der Waals surface area contributed by atoms with Crippen LogP contribution in [0.25, 0.3) is 22.4 Å². The Morgan fingerprint density at radius 2 is 1.90 bits per heavy atom. The number of aryl methyl sites for hydroxylation is 1. The number of H-pyrrole nitrogens is 1. The molecule has 7 heteroatoms. The highest BCUT2D eigenvalue weighted by Gasteiger charge is 2.14. The van der Waals surface area contributed by atoms with Crippen molar-refractivity contribution in [3.63, 3.8) is 0 Å². The molecule has 0 fully saturated rings. The van der Waals surface area contributed by atoms with Gasteiger partial charge in [-0.25, -0.2) is 4.98 Å². The summed E-state index contributed by atoms with van der Waals surface area (Å²) in [7, 11) is 0. The van der Waals surface area contributed by atoms with Crippen molar-refractivity contribution in [1.29, 1.82) is 0 Å². The molecule has 21 heavy (non-hydrogen) atoms. The quantitative estimate of drug-likeness (QED) is 0.546. The molecule has 0 saturated carbocycles. The molecular formula is C14H9Cl2N3O2. The first kappa shape index (κ1) is 13.9. The van der Waals surface area contributed by atoms with Crippen LogP contribution in [-0.2, 0) is 0 Å². The maximum absolute atomic E-state index is 11.0. The van der Waals surface area contributed by atoms with E-state index in [-0.39, 0.29) is 5.69 Å². The highest BCUT2D eigenvalue weighted by molar-refractivity contribution is 6.42. The zero-order chi connectivity index (χ0) is 15.1. The fourth-order valence-electron chi connectivity index (χ4n) is 2.10. The molecule has 106 valence electrons. The number of nitrogens with zero attached hydrogens (tertiary/aromatic N) is 2. The van der Waals surface area contributed by atoms with Crippen LogP contribution in [0.3, 0.4) is 0 Å². The van der Waals surface area contributed by atoms with Crippen molar-refractivity contribution in [3.05, 3.63) is 56.1 Å². The molecule has 1 aromatic heterocycles. The summed E-state index contributed by atoms with van der Waals surface area (Å²) in [6.07, 6.45) is 0. The summed E-state index contributed by atoms with van der Waals surface area (Å²) < 4.78 is 0. The number of nitrogens with one attached hydrogen (secondary N) is 1. The summed E-state index contributed by atoms with van der Waals surface area (Å²) in [5, 5.41) is 11.8. The van der Waals surface area contributed by atoms with Gasteiger partial charge in [-0.15, -0.1) is 0 Å². The molecule has 5 nitrogen and oxygen atoms in total. The first-order chi connectivity index (χ1) is 9.95. The van der Waals surface area contributed by atoms with Crippen LogP contribution in [0.5, 0.6) is 0 Å². The van der Waals surface area contributed by atoms with E-state index in [9.17, 15) is 10.1 Å². The summed E-state index contributed by atoms with van der Waals surface area (Å²) in [4.78, 5) is 18.1. The Labute approximate surface area is 129 Å². The monoisotopic (exact) mass is 321 g/mol. The second-order valence-electron chi connectivity index (χ2n) is 4.63. The minimum atomic E-state index is -0.408. The number of nitro groups is 1. The largest absolute Gasteiger partial charge is 0.338 e. The van der Waals surface area contributed by atoms with Crippen LogP contribution in [0.1, 0.15) is 5.56 Å². The van der Waals surface area contributed by atoms with Gasteiger partial charge in [-0.05, 0) is 19.1 Å². The molecule has 0 bridgehead atoms. The number of aromatic amines is 1. The molecule has 1 N–H and O–H groups in total. The lowest BCUT2D eigenvalue weighted by atomic mass is 10.1. The lowest BCUT2D eigenvalue weighted by Gasteiger charge is -2.00. The fourth-order valence-corrected chi connectivity index (χ4v) is 2.42. The van der Waals surface area contributed by atoms with Gasteiger partial charge >= 0.3 is 0 Å². The SMILES string of the molecule is Cc1ccc(-c2nc3cc(Cl)c(Cl)cc3[nH]2)cc1[N+](=O)[O-]. The number of nitro benzene ring substituents is 1. The second kappa shape index (κ2) is 5.02. The zero-order valence-corrected chi connectivity index (χ0v) is 12.4. The molecular weight excluding hydrogens is 313 g/mol. The topological polar surface area (TPSA) is 71.8 Å². The molecule has 1 heterocycles. The van der Waals surface area contributed by atoms with Crippen LogP contribution in [0.2, 0.25) is 10.0 Å². The van der Waals surface area contributed by atoms with Gasteiger partial charge in [-0.1, -0.05) is 35.3 Å². The van der Waals surface area contributed by atoms with Crippen molar-refractivity contribution in [3.8, 4) is 11.4 Å². The first-order valence-electron chi connectivity index (χ1n) is 6.06. The maximum atomic E-state index is 11.0. The Balaban J connectivity index is 2.16. The van der Waals surface area contributed by atoms with Crippen LogP contribution in [0, 0.1) is 17.0 Å². The zero-order valence-electron chi connectivity index (χ0n) is 10.9. The Morgan fingerprint density at radius 3 is 2.62 bits per heavy atom. The van der Waals surface area contributed by atoms with Crippen LogP contribution >= 0.6 is 23.2 Å². The molecule has 0 saturated heterocycles. The van der Waals surface area contributed by atoms with E-state index in [0.717, 1.165) is 5.52 Å². The Bertz CT molecular complexity index is 835. The van der Waals surface area contributed by atoms with Gasteiger partial charge in [0, 0.05) is 17.2 Å². The predicted molar refractivity (Wildman–Crippen MR) is 82.9 cm³/mol. The predicted octanol–water partition coefficient (Wildman–Crippen LogP) is 4.75. The number of imidazole rings is 1. The summed E-state index contributed by atoms with van der Waals surface area (Å²) >= 11 is 11.9. The number of rotatable bonds is 2. The second-order valence-corrected chi connectivity index (χ2v) is 5.44. The van der Waals surface area contributed by atoms with E-state index in [2.05, 4.69) is 9.97 Å². The molecule has 3 rings (SSSR count). The lowest BCUT2D eigenvalue weighted by molar-refractivity contribution is -0.385. The fraction of sp³-hybridized carbons (Fsp3) is 0.0714. The average Bonchev–Trinajstić information content (AvgIpc) is 2.82. The molecule has 0 radical (unpaired) electrons. The standard InChI is InChI=1S/C14H9Cl2N3O2/c1-7-2-3-8(4-13(7)19(20)21)14-17-11-5-9(15)10(16)6-12(11)18-14/h2-6H,1H3,(H,17,18). The van der Waals surface area contributed by atoms with Crippen molar-refractivity contribution in [1.82, 2.24) is 9.97 Å². The van der Waals surface area contributed by atoms with Crippen molar-refractivity contribution >= 4 is 39.9 Å². The third-order valence-electron chi connectivity index (χ3n) is 3.20. The molecule has 3 aromatic rings. The van der Waals surface area contributed by atoms with Gasteiger partial charge in [0.05, 0.1) is 26.0 Å². The minimum absolute atomic E-state index is 0.0593. The third-order valence-corrected chi connectivity index (χ3v) is 3.93. The van der Waals surface area contributed by atoms with Gasteiger partial charge in [0.15, 0.2) is 0 Å². The van der Waals surface area contributed by atoms with E-state index in [1.54, 1.807) is 31.2 Å². The van der Waals surface area contributed by atoms with Gasteiger partial charge in [0.1, 0.15) is 5.82 Å². The van der Waals surface area contributed by atoms with Gasteiger partial charge < -0.3 is 4.98 Å². The van der Waals surface area contributed by atoms with Gasteiger partial charge in [-0.2, -0.15) is 0 Å². The van der Waals surface area contributed by atoms with Gasteiger partial charge in [-0.3, -0.25) is 10.1 Å². The third kappa shape index (κ3) is 2.46. The molecule has 0 unspecified atom stereocenters. The summed E-state index contributed by atoms with van der Waals surface area (Å²) in [5.74, 6) is 0.534. The minimum Gasteiger partial charge on any atom is -0.338 e. The van der Waals surface area contributed by atoms with Crippen molar-refractivity contribution in [2.75, 3.05) is 0 Å². The molecule has 0 aliphatic carbocycles. The normalized spacial score (nSPS) is 11.0. The number of hydrogen-bond donors (Lipinski definition) is 1. The molecule has 0 spiro atoms. The molecule has 0 atom stereocenters. The van der Waals surface area contributed by atoms with Crippen LogP contribution in [-0.4, -0.2) is 14.9 Å². The van der Waals surface area contributed by atoms with Crippen LogP contribution in [0.15, 0.2) is 30.3 Å². The number of hydrogen-bond acceptors (Lipinski definition) is 3. The van der Waals surface area contributed by atoms with E-state index in [0.29, 0.717) is 32.5 Å². The van der Waals surface area contributed by atoms with Crippen LogP contribution in [0.4, 0.5) is 5.69 Å². The lowest BCUT2D eigenvalue weighted by Crippen LogP contribution is -1.92. The van der Waals surface area contributed by atoms with Gasteiger partial charge in [0.25, 0.3) is 5.69 Å². The number of fused-ring (bicyclic) bond motifs is 1. The van der Waals surface area contributed by atoms with Gasteiger partial charge in [0.2, 0.25) is 0 Å². The maximum Gasteiger partial charge on any atom is 0.273 e. The molecule has 0 aliphatic rings. The van der Waals surface area contributed by atoms with Crippen molar-refractivity contribution in [2.45, 2.75) is 6.92 Å². The Kier molecular flexibility index (Phi) is 3.31.